The first kappa shape index (κ1) is 14.2. The number of carbonyl (C=O) groups is 3. The third-order valence-corrected chi connectivity index (χ3v) is 3.99. The highest BCUT2D eigenvalue weighted by Gasteiger charge is 2.52. The fourth-order valence-corrected chi connectivity index (χ4v) is 2.63. The number of aromatic nitrogens is 2. The van der Waals surface area contributed by atoms with Crippen LogP contribution < -0.4 is 10.2 Å². The van der Waals surface area contributed by atoms with Crippen molar-refractivity contribution in [2.75, 3.05) is 4.90 Å². The summed E-state index contributed by atoms with van der Waals surface area (Å²) in [6, 6.07) is -0.717. The van der Waals surface area contributed by atoms with E-state index in [4.69, 9.17) is 0 Å². The molecule has 0 saturated carbocycles. The third-order valence-electron chi connectivity index (χ3n) is 3.99. The number of urea groups is 1. The van der Waals surface area contributed by atoms with Gasteiger partial charge in [-0.1, -0.05) is 13.8 Å². The van der Waals surface area contributed by atoms with Crippen molar-refractivity contribution in [2.45, 2.75) is 40.5 Å². The number of carbonyl (C=O) groups excluding carboxylic acids is 3. The zero-order chi connectivity index (χ0) is 15.1. The van der Waals surface area contributed by atoms with E-state index in [1.165, 1.54) is 0 Å². The van der Waals surface area contributed by atoms with Crippen LogP contribution in [0.2, 0.25) is 0 Å². The van der Waals surface area contributed by atoms with Crippen molar-refractivity contribution in [3.63, 3.8) is 0 Å². The second-order valence-electron chi connectivity index (χ2n) is 4.97. The molecule has 20 heavy (non-hydrogen) atoms. The van der Waals surface area contributed by atoms with Crippen LogP contribution in [0.3, 0.4) is 0 Å². The molecular formula is C13H18N4O3. The van der Waals surface area contributed by atoms with Crippen molar-refractivity contribution in [1.82, 2.24) is 15.5 Å². The Bertz CT molecular complexity index is 567. The van der Waals surface area contributed by atoms with E-state index in [1.54, 1.807) is 27.7 Å². The van der Waals surface area contributed by atoms with E-state index >= 15 is 0 Å². The van der Waals surface area contributed by atoms with Gasteiger partial charge in [0.2, 0.25) is 5.91 Å². The van der Waals surface area contributed by atoms with Crippen molar-refractivity contribution in [3.05, 3.63) is 11.4 Å². The summed E-state index contributed by atoms with van der Waals surface area (Å²) in [5.41, 5.74) is 0.388. The van der Waals surface area contributed by atoms with Crippen LogP contribution in [-0.4, -0.2) is 28.0 Å². The first-order chi connectivity index (χ1) is 9.39. The number of hydrogen-bond donors (Lipinski definition) is 2. The molecule has 4 amide bonds. The highest BCUT2D eigenvalue weighted by Crippen LogP contribution is 2.36. The quantitative estimate of drug-likeness (QED) is 0.817. The van der Waals surface area contributed by atoms with Gasteiger partial charge in [-0.3, -0.25) is 20.0 Å². The van der Waals surface area contributed by atoms with Crippen LogP contribution in [-0.2, 0) is 9.59 Å². The van der Waals surface area contributed by atoms with Crippen LogP contribution in [0.4, 0.5) is 10.5 Å². The summed E-state index contributed by atoms with van der Waals surface area (Å²) in [5.74, 6) is -1.00. The molecule has 0 bridgehead atoms. The molecule has 1 aliphatic rings. The number of imide groups is 2. The average Bonchev–Trinajstić information content (AvgIpc) is 2.72. The number of aryl methyl sites for hydroxylation is 2. The molecule has 0 spiro atoms. The summed E-state index contributed by atoms with van der Waals surface area (Å²) in [7, 11) is 0. The van der Waals surface area contributed by atoms with E-state index in [-0.39, 0.29) is 0 Å². The number of nitrogens with one attached hydrogen (secondary N) is 2. The van der Waals surface area contributed by atoms with Gasteiger partial charge < -0.3 is 0 Å². The molecule has 108 valence electrons. The van der Waals surface area contributed by atoms with Crippen molar-refractivity contribution >= 4 is 23.5 Å². The molecular weight excluding hydrogens is 260 g/mol. The molecule has 1 fully saturated rings. The van der Waals surface area contributed by atoms with E-state index in [1.807, 2.05) is 0 Å². The second kappa shape index (κ2) is 4.73. The zero-order valence-corrected chi connectivity index (χ0v) is 12.0. The van der Waals surface area contributed by atoms with Gasteiger partial charge in [-0.05, 0) is 26.7 Å². The fraction of sp³-hybridized carbons (Fsp3) is 0.538. The van der Waals surface area contributed by atoms with Gasteiger partial charge in [0.25, 0.3) is 5.91 Å². The molecule has 7 nitrogen and oxygen atoms in total. The van der Waals surface area contributed by atoms with Crippen LogP contribution in [0.25, 0.3) is 0 Å². The Kier molecular flexibility index (Phi) is 3.37. The Balaban J connectivity index is 2.57. The lowest BCUT2D eigenvalue weighted by atomic mass is 9.78. The minimum Gasteiger partial charge on any atom is -0.280 e. The van der Waals surface area contributed by atoms with Gasteiger partial charge in [0, 0.05) is 0 Å². The van der Waals surface area contributed by atoms with E-state index < -0.39 is 23.3 Å². The first-order valence-corrected chi connectivity index (χ1v) is 6.60. The van der Waals surface area contributed by atoms with Gasteiger partial charge in [-0.25, -0.2) is 9.69 Å². The minimum absolute atomic E-state index is 0.341. The van der Waals surface area contributed by atoms with Gasteiger partial charge >= 0.3 is 6.03 Å². The molecule has 0 radical (unpaired) electrons. The number of H-pyrrole nitrogens is 1. The van der Waals surface area contributed by atoms with Gasteiger partial charge in [-0.15, -0.1) is 0 Å². The van der Waals surface area contributed by atoms with Gasteiger partial charge in [0.1, 0.15) is 5.41 Å². The highest BCUT2D eigenvalue weighted by molar-refractivity contribution is 6.30. The SMILES string of the molecule is CCC1(CC)C(=O)NC(=O)N(c2c(C)n[nH]c2C)C1=O. The molecule has 0 atom stereocenters. The molecule has 2 heterocycles. The van der Waals surface area contributed by atoms with Crippen LogP contribution in [0.1, 0.15) is 38.1 Å². The van der Waals surface area contributed by atoms with Crippen LogP contribution in [0.5, 0.6) is 0 Å². The van der Waals surface area contributed by atoms with Crippen LogP contribution in [0, 0.1) is 19.3 Å². The second-order valence-corrected chi connectivity index (χ2v) is 4.97. The number of nitrogens with zero attached hydrogens (tertiary/aromatic N) is 2. The number of amides is 4. The van der Waals surface area contributed by atoms with Crippen molar-refractivity contribution < 1.29 is 14.4 Å². The van der Waals surface area contributed by atoms with Crippen molar-refractivity contribution in [2.24, 2.45) is 5.41 Å². The molecule has 7 heteroatoms. The Labute approximate surface area is 116 Å². The Hall–Kier alpha value is -2.18. The number of hydrogen-bond acceptors (Lipinski definition) is 4. The summed E-state index contributed by atoms with van der Waals surface area (Å²) in [6.45, 7) is 6.97. The van der Waals surface area contributed by atoms with Gasteiger partial charge in [-0.2, -0.15) is 5.10 Å². The summed E-state index contributed by atoms with van der Waals surface area (Å²) in [6.07, 6.45) is 0.682. The number of rotatable bonds is 3. The molecule has 1 saturated heterocycles. The lowest BCUT2D eigenvalue weighted by Gasteiger charge is -2.38. The summed E-state index contributed by atoms with van der Waals surface area (Å²) in [4.78, 5) is 37.9. The predicted octanol–water partition coefficient (Wildman–Crippen LogP) is 1.42. The van der Waals surface area contributed by atoms with E-state index in [0.717, 1.165) is 4.90 Å². The molecule has 0 aromatic carbocycles. The smallest absolute Gasteiger partial charge is 0.280 e. The lowest BCUT2D eigenvalue weighted by molar-refractivity contribution is -0.143. The van der Waals surface area contributed by atoms with Crippen LogP contribution in [0.15, 0.2) is 0 Å². The standard InChI is InChI=1S/C13H18N4O3/c1-5-13(6-2)10(18)14-12(20)17(11(13)19)9-7(3)15-16-8(9)4/h5-6H2,1-4H3,(H,15,16)(H,14,18,20). The van der Waals surface area contributed by atoms with Gasteiger partial charge in [0.05, 0.1) is 17.1 Å². The Morgan fingerprint density at radius 2 is 1.75 bits per heavy atom. The molecule has 0 unspecified atom stereocenters. The minimum atomic E-state index is -1.19. The largest absolute Gasteiger partial charge is 0.335 e. The van der Waals surface area contributed by atoms with Crippen molar-refractivity contribution in [1.29, 1.82) is 0 Å². The maximum atomic E-state index is 12.7. The maximum absolute atomic E-state index is 12.7. The zero-order valence-electron chi connectivity index (χ0n) is 12.0. The summed E-state index contributed by atoms with van der Waals surface area (Å²) < 4.78 is 0. The Morgan fingerprint density at radius 1 is 1.15 bits per heavy atom. The molecule has 0 aliphatic carbocycles. The monoisotopic (exact) mass is 278 g/mol. The summed E-state index contributed by atoms with van der Waals surface area (Å²) >= 11 is 0. The fourth-order valence-electron chi connectivity index (χ4n) is 2.63. The van der Waals surface area contributed by atoms with Gasteiger partial charge in [0.15, 0.2) is 0 Å². The molecule has 1 aromatic heterocycles. The highest BCUT2D eigenvalue weighted by atomic mass is 16.2. The number of barbiturate groups is 1. The first-order valence-electron chi connectivity index (χ1n) is 6.60. The number of anilines is 1. The lowest BCUT2D eigenvalue weighted by Crippen LogP contribution is -2.64. The number of aromatic amines is 1. The molecule has 1 aliphatic heterocycles. The van der Waals surface area contributed by atoms with E-state index in [0.29, 0.717) is 29.9 Å². The molecule has 1 aromatic rings. The topological polar surface area (TPSA) is 95.2 Å². The summed E-state index contributed by atoms with van der Waals surface area (Å²) in [5, 5.41) is 9.02. The maximum Gasteiger partial charge on any atom is 0.335 e. The molecule has 2 N–H and O–H groups in total. The van der Waals surface area contributed by atoms with E-state index in [9.17, 15) is 14.4 Å². The molecule has 2 rings (SSSR count). The predicted molar refractivity (Wildman–Crippen MR) is 72.1 cm³/mol. The van der Waals surface area contributed by atoms with E-state index in [2.05, 4.69) is 15.5 Å². The van der Waals surface area contributed by atoms with Crippen molar-refractivity contribution in [3.8, 4) is 0 Å². The van der Waals surface area contributed by atoms with Crippen LogP contribution >= 0.6 is 0 Å². The Morgan fingerprint density at radius 3 is 2.20 bits per heavy atom. The third kappa shape index (κ3) is 1.73. The average molecular weight is 278 g/mol. The normalized spacial score (nSPS) is 18.4.